The zero-order valence-corrected chi connectivity index (χ0v) is 21.4. The van der Waals surface area contributed by atoms with Crippen molar-refractivity contribution < 1.29 is 4.39 Å². The van der Waals surface area contributed by atoms with Gasteiger partial charge in [-0.2, -0.15) is 0 Å². The number of piperazine rings is 1. The summed E-state index contributed by atoms with van der Waals surface area (Å²) >= 11 is 1.69. The van der Waals surface area contributed by atoms with Gasteiger partial charge < -0.3 is 20.9 Å². The first-order chi connectivity index (χ1) is 18.2. The van der Waals surface area contributed by atoms with Crippen LogP contribution in [0.2, 0.25) is 0 Å². The second-order valence-electron chi connectivity index (χ2n) is 9.44. The Morgan fingerprint density at radius 3 is 2.35 bits per heavy atom. The summed E-state index contributed by atoms with van der Waals surface area (Å²) in [5.41, 5.74) is 4.72. The molecule has 4 heterocycles. The van der Waals surface area contributed by atoms with E-state index in [9.17, 15) is 4.39 Å². The Morgan fingerprint density at radius 2 is 1.59 bits per heavy atom. The lowest BCUT2D eigenvalue weighted by Crippen LogP contribution is -2.43. The molecule has 2 aliphatic rings. The van der Waals surface area contributed by atoms with Crippen molar-refractivity contribution in [1.82, 2.24) is 25.6 Å². The van der Waals surface area contributed by atoms with Gasteiger partial charge in [0.15, 0.2) is 0 Å². The van der Waals surface area contributed by atoms with Crippen molar-refractivity contribution in [3.05, 3.63) is 71.6 Å². The maximum Gasteiger partial charge on any atom is 0.227 e. The van der Waals surface area contributed by atoms with Crippen LogP contribution in [-0.4, -0.2) is 54.2 Å². The molecule has 2 saturated heterocycles. The van der Waals surface area contributed by atoms with Gasteiger partial charge in [-0.3, -0.25) is 0 Å². The number of nitrogens with zero attached hydrogens (tertiary/aromatic N) is 4. The SMILES string of the molecule is Fc1ccc(-c2nc(C3CCNCC3)sc2-c2ccnc(Nc3ccc(N4CCNCC4)cc3)n2)cc1. The van der Waals surface area contributed by atoms with Gasteiger partial charge >= 0.3 is 0 Å². The van der Waals surface area contributed by atoms with Crippen LogP contribution in [0.15, 0.2) is 60.8 Å². The Hall–Kier alpha value is -3.40. The third kappa shape index (κ3) is 5.49. The standard InChI is InChI=1S/C28H30FN7S/c29-21-3-1-19(2-4-21)25-26(37-27(35-25)20-9-12-30-13-10-20)24-11-14-32-28(34-24)33-22-5-7-23(8-6-22)36-17-15-31-16-18-36/h1-8,11,14,20,30-31H,9-10,12-13,15-18H2,(H,32,33,34). The lowest BCUT2D eigenvalue weighted by Gasteiger charge is -2.29. The van der Waals surface area contributed by atoms with E-state index in [2.05, 4.69) is 50.1 Å². The van der Waals surface area contributed by atoms with E-state index < -0.39 is 0 Å². The summed E-state index contributed by atoms with van der Waals surface area (Å²) in [5.74, 6) is 0.706. The molecule has 0 amide bonds. The van der Waals surface area contributed by atoms with Crippen LogP contribution in [0.3, 0.4) is 0 Å². The molecule has 9 heteroatoms. The van der Waals surface area contributed by atoms with Crippen LogP contribution in [0.4, 0.5) is 21.7 Å². The molecule has 0 radical (unpaired) electrons. The average molecular weight is 516 g/mol. The third-order valence-corrected chi connectivity index (χ3v) is 8.18. The molecule has 4 aromatic rings. The van der Waals surface area contributed by atoms with E-state index >= 15 is 0 Å². The van der Waals surface area contributed by atoms with Gasteiger partial charge in [0.2, 0.25) is 5.95 Å². The smallest absolute Gasteiger partial charge is 0.227 e. The molecule has 0 spiro atoms. The van der Waals surface area contributed by atoms with E-state index in [4.69, 9.17) is 9.97 Å². The van der Waals surface area contributed by atoms with Crippen molar-refractivity contribution in [2.24, 2.45) is 0 Å². The lowest BCUT2D eigenvalue weighted by molar-refractivity contribution is 0.459. The van der Waals surface area contributed by atoms with Gasteiger partial charge in [-0.1, -0.05) is 0 Å². The van der Waals surface area contributed by atoms with E-state index in [1.54, 1.807) is 29.7 Å². The van der Waals surface area contributed by atoms with E-state index in [-0.39, 0.29) is 5.82 Å². The molecule has 2 fully saturated rings. The number of rotatable bonds is 6. The van der Waals surface area contributed by atoms with Crippen LogP contribution in [-0.2, 0) is 0 Å². The van der Waals surface area contributed by atoms with Crippen LogP contribution >= 0.6 is 11.3 Å². The summed E-state index contributed by atoms with van der Waals surface area (Å²) in [5, 5.41) is 11.3. The minimum absolute atomic E-state index is 0.254. The highest BCUT2D eigenvalue weighted by Crippen LogP contribution is 2.40. The molecule has 3 N–H and O–H groups in total. The highest BCUT2D eigenvalue weighted by molar-refractivity contribution is 7.15. The van der Waals surface area contributed by atoms with Crippen molar-refractivity contribution in [2.45, 2.75) is 18.8 Å². The number of hydrogen-bond acceptors (Lipinski definition) is 8. The van der Waals surface area contributed by atoms with Gasteiger partial charge in [-0.25, -0.2) is 19.3 Å². The Morgan fingerprint density at radius 1 is 0.865 bits per heavy atom. The third-order valence-electron chi connectivity index (χ3n) is 6.94. The normalized spacial score (nSPS) is 16.6. The number of halogens is 1. The van der Waals surface area contributed by atoms with E-state index in [0.29, 0.717) is 11.9 Å². The van der Waals surface area contributed by atoms with Gasteiger partial charge in [0.25, 0.3) is 0 Å². The molecule has 0 bridgehead atoms. The fourth-order valence-corrected chi connectivity index (χ4v) is 6.14. The van der Waals surface area contributed by atoms with Crippen molar-refractivity contribution in [3.8, 4) is 21.8 Å². The Bertz CT molecular complexity index is 1330. The van der Waals surface area contributed by atoms with E-state index in [0.717, 1.165) is 84.6 Å². The predicted molar refractivity (Wildman–Crippen MR) is 148 cm³/mol. The summed E-state index contributed by atoms with van der Waals surface area (Å²) in [6, 6.07) is 16.9. The van der Waals surface area contributed by atoms with Gasteiger partial charge in [0, 0.05) is 55.2 Å². The number of thiazole rings is 1. The van der Waals surface area contributed by atoms with Crippen molar-refractivity contribution >= 4 is 28.7 Å². The van der Waals surface area contributed by atoms with Crippen LogP contribution in [0.5, 0.6) is 0 Å². The van der Waals surface area contributed by atoms with Gasteiger partial charge in [-0.15, -0.1) is 11.3 Å². The first-order valence-electron chi connectivity index (χ1n) is 12.9. The topological polar surface area (TPSA) is 78.0 Å². The Kier molecular flexibility index (Phi) is 7.07. The highest BCUT2D eigenvalue weighted by atomic mass is 32.1. The zero-order chi connectivity index (χ0) is 25.0. The quantitative estimate of drug-likeness (QED) is 0.333. The molecule has 6 rings (SSSR count). The number of nitrogens with one attached hydrogen (secondary N) is 3. The fourth-order valence-electron chi connectivity index (χ4n) is 4.91. The monoisotopic (exact) mass is 515 g/mol. The summed E-state index contributed by atoms with van der Waals surface area (Å²) in [6.07, 6.45) is 3.91. The van der Waals surface area contributed by atoms with Crippen molar-refractivity contribution in [3.63, 3.8) is 0 Å². The van der Waals surface area contributed by atoms with Crippen LogP contribution in [0, 0.1) is 5.82 Å². The Labute approximate surface area is 220 Å². The molecule has 7 nitrogen and oxygen atoms in total. The molecule has 2 aromatic heterocycles. The van der Waals surface area contributed by atoms with Gasteiger partial charge in [0.05, 0.1) is 21.3 Å². The van der Waals surface area contributed by atoms with Crippen molar-refractivity contribution in [2.75, 3.05) is 49.5 Å². The second-order valence-corrected chi connectivity index (χ2v) is 10.5. The number of aromatic nitrogens is 3. The average Bonchev–Trinajstić information content (AvgIpc) is 3.41. The van der Waals surface area contributed by atoms with Crippen molar-refractivity contribution in [1.29, 1.82) is 0 Å². The van der Waals surface area contributed by atoms with Gasteiger partial charge in [-0.05, 0) is 80.5 Å². The molecule has 0 unspecified atom stereocenters. The van der Waals surface area contributed by atoms with Crippen LogP contribution in [0.1, 0.15) is 23.8 Å². The maximum atomic E-state index is 13.7. The Balaban J connectivity index is 1.28. The summed E-state index contributed by atoms with van der Waals surface area (Å²) < 4.78 is 13.7. The first-order valence-corrected chi connectivity index (χ1v) is 13.7. The molecule has 0 atom stereocenters. The van der Waals surface area contributed by atoms with Gasteiger partial charge in [0.1, 0.15) is 5.82 Å². The zero-order valence-electron chi connectivity index (χ0n) is 20.6. The molecule has 37 heavy (non-hydrogen) atoms. The molecular weight excluding hydrogens is 485 g/mol. The number of benzene rings is 2. The minimum Gasteiger partial charge on any atom is -0.369 e. The predicted octanol–water partition coefficient (Wildman–Crippen LogP) is 5.03. The maximum absolute atomic E-state index is 13.7. The second kappa shape index (κ2) is 10.9. The molecule has 0 aliphatic carbocycles. The van der Waals surface area contributed by atoms with Crippen LogP contribution < -0.4 is 20.9 Å². The molecule has 0 saturated carbocycles. The minimum atomic E-state index is -0.254. The number of piperidine rings is 1. The molecule has 2 aliphatic heterocycles. The number of hydrogen-bond donors (Lipinski definition) is 3. The largest absolute Gasteiger partial charge is 0.369 e. The highest BCUT2D eigenvalue weighted by Gasteiger charge is 2.23. The van der Waals surface area contributed by atoms with E-state index in [1.807, 2.05) is 6.07 Å². The number of anilines is 3. The first kappa shape index (κ1) is 24.0. The summed E-state index contributed by atoms with van der Waals surface area (Å²) in [6.45, 7) is 6.06. The van der Waals surface area contributed by atoms with Crippen LogP contribution in [0.25, 0.3) is 21.8 Å². The molecule has 2 aromatic carbocycles. The lowest BCUT2D eigenvalue weighted by atomic mass is 9.99. The summed E-state index contributed by atoms with van der Waals surface area (Å²) in [7, 11) is 0. The molecular formula is C28H30FN7S. The molecule has 190 valence electrons. The summed E-state index contributed by atoms with van der Waals surface area (Å²) in [4.78, 5) is 17.8. The van der Waals surface area contributed by atoms with E-state index in [1.165, 1.54) is 17.8 Å². The fraction of sp³-hybridized carbons (Fsp3) is 0.321.